The summed E-state index contributed by atoms with van der Waals surface area (Å²) in [6, 6.07) is 6.00. The van der Waals surface area contributed by atoms with Crippen molar-refractivity contribution < 1.29 is 13.2 Å². The van der Waals surface area contributed by atoms with Crippen molar-refractivity contribution in [1.29, 1.82) is 0 Å². The van der Waals surface area contributed by atoms with E-state index in [9.17, 15) is 13.2 Å². The van der Waals surface area contributed by atoms with Crippen molar-refractivity contribution in [2.75, 3.05) is 11.9 Å². The van der Waals surface area contributed by atoms with Gasteiger partial charge in [0.1, 0.15) is 10.8 Å². The summed E-state index contributed by atoms with van der Waals surface area (Å²) in [7, 11) is 0. The van der Waals surface area contributed by atoms with Crippen LogP contribution >= 0.6 is 11.8 Å². The largest absolute Gasteiger partial charge is 0.417 e. The fourth-order valence-corrected chi connectivity index (χ4v) is 2.26. The number of nitrogens with one attached hydrogen (secondary N) is 1. The zero-order valence-corrected chi connectivity index (χ0v) is 11.4. The highest BCUT2D eigenvalue weighted by molar-refractivity contribution is 7.99. The molecule has 0 aromatic carbocycles. The summed E-state index contributed by atoms with van der Waals surface area (Å²) in [6.45, 7) is 2.71. The molecule has 0 bridgehead atoms. The van der Waals surface area contributed by atoms with Gasteiger partial charge in [0.2, 0.25) is 0 Å². The maximum atomic E-state index is 12.4. The van der Waals surface area contributed by atoms with Crippen molar-refractivity contribution in [3.05, 3.63) is 42.2 Å². The van der Waals surface area contributed by atoms with E-state index in [4.69, 9.17) is 0 Å². The number of nitrogens with zero attached hydrogens (tertiary/aromatic N) is 2. The van der Waals surface area contributed by atoms with Crippen molar-refractivity contribution in [1.82, 2.24) is 9.97 Å². The predicted octanol–water partition coefficient (Wildman–Crippen LogP) is 4.08. The average Bonchev–Trinajstić information content (AvgIpc) is 2.39. The van der Waals surface area contributed by atoms with E-state index >= 15 is 0 Å². The molecule has 106 valence electrons. The van der Waals surface area contributed by atoms with Crippen molar-refractivity contribution >= 4 is 17.6 Å². The average molecular weight is 299 g/mol. The maximum absolute atomic E-state index is 12.4. The highest BCUT2D eigenvalue weighted by Crippen LogP contribution is 2.31. The van der Waals surface area contributed by atoms with Gasteiger partial charge in [-0.05, 0) is 31.2 Å². The van der Waals surface area contributed by atoms with Crippen LogP contribution < -0.4 is 5.32 Å². The standard InChI is InChI=1S/C13H12F3N3S/c1-2-17-11-7-10(5-6-18-11)20-12-4-3-9(8-19-12)13(14,15)16/h3-8H,2H2,1H3,(H,17,18). The lowest BCUT2D eigenvalue weighted by Gasteiger charge is -2.07. The minimum atomic E-state index is -4.36. The highest BCUT2D eigenvalue weighted by atomic mass is 32.2. The predicted molar refractivity (Wildman–Crippen MR) is 71.8 cm³/mol. The second kappa shape index (κ2) is 6.13. The van der Waals surface area contributed by atoms with Crippen LogP contribution in [0.4, 0.5) is 19.0 Å². The molecule has 0 saturated heterocycles. The number of aromatic nitrogens is 2. The Morgan fingerprint density at radius 3 is 2.60 bits per heavy atom. The van der Waals surface area contributed by atoms with Gasteiger partial charge in [0.15, 0.2) is 0 Å². The third kappa shape index (κ3) is 3.86. The van der Waals surface area contributed by atoms with E-state index < -0.39 is 11.7 Å². The third-order valence-corrected chi connectivity index (χ3v) is 3.32. The van der Waals surface area contributed by atoms with Crippen LogP contribution in [-0.4, -0.2) is 16.5 Å². The molecule has 2 aromatic heterocycles. The van der Waals surface area contributed by atoms with Gasteiger partial charge in [0.25, 0.3) is 0 Å². The SMILES string of the molecule is CCNc1cc(Sc2ccc(C(F)(F)F)cn2)ccn1. The Labute approximate surface area is 118 Å². The monoisotopic (exact) mass is 299 g/mol. The summed E-state index contributed by atoms with van der Waals surface area (Å²) in [4.78, 5) is 8.81. The Morgan fingerprint density at radius 1 is 1.20 bits per heavy atom. The number of anilines is 1. The lowest BCUT2D eigenvalue weighted by atomic mass is 10.3. The van der Waals surface area contributed by atoms with Crippen LogP contribution in [0.25, 0.3) is 0 Å². The van der Waals surface area contributed by atoms with Gasteiger partial charge in [0, 0.05) is 23.8 Å². The molecule has 0 radical (unpaired) electrons. The van der Waals surface area contributed by atoms with Gasteiger partial charge in [0.05, 0.1) is 5.56 Å². The number of hydrogen-bond acceptors (Lipinski definition) is 4. The molecule has 2 aromatic rings. The Bertz CT molecular complexity index is 570. The number of halogens is 3. The van der Waals surface area contributed by atoms with Crippen LogP contribution in [0.1, 0.15) is 12.5 Å². The Kier molecular flexibility index (Phi) is 4.49. The van der Waals surface area contributed by atoms with Gasteiger partial charge in [-0.3, -0.25) is 0 Å². The van der Waals surface area contributed by atoms with Crippen molar-refractivity contribution in [3.8, 4) is 0 Å². The molecule has 0 amide bonds. The molecule has 3 nitrogen and oxygen atoms in total. The molecule has 2 heterocycles. The number of rotatable bonds is 4. The second-order valence-corrected chi connectivity index (χ2v) is 4.99. The molecular weight excluding hydrogens is 287 g/mol. The molecule has 1 N–H and O–H groups in total. The van der Waals surface area contributed by atoms with Gasteiger partial charge in [-0.2, -0.15) is 13.2 Å². The van der Waals surface area contributed by atoms with E-state index in [0.29, 0.717) is 5.03 Å². The first kappa shape index (κ1) is 14.6. The van der Waals surface area contributed by atoms with Crippen LogP contribution in [0.3, 0.4) is 0 Å². The molecule has 2 rings (SSSR count). The smallest absolute Gasteiger partial charge is 0.370 e. The molecule has 0 aliphatic carbocycles. The Hall–Kier alpha value is -1.76. The highest BCUT2D eigenvalue weighted by Gasteiger charge is 2.30. The molecule has 7 heteroatoms. The summed E-state index contributed by atoms with van der Waals surface area (Å²) in [6.07, 6.45) is -1.87. The lowest BCUT2D eigenvalue weighted by molar-refractivity contribution is -0.137. The van der Waals surface area contributed by atoms with E-state index in [1.807, 2.05) is 13.0 Å². The molecule has 20 heavy (non-hydrogen) atoms. The molecule has 0 unspecified atom stereocenters. The van der Waals surface area contributed by atoms with Crippen molar-refractivity contribution in [2.24, 2.45) is 0 Å². The zero-order valence-electron chi connectivity index (χ0n) is 10.6. The number of pyridine rings is 2. The Balaban J connectivity index is 2.12. The van der Waals surface area contributed by atoms with Crippen LogP contribution in [0, 0.1) is 0 Å². The van der Waals surface area contributed by atoms with Gasteiger partial charge in [-0.1, -0.05) is 11.8 Å². The molecule has 0 saturated carbocycles. The molecule has 0 atom stereocenters. The van der Waals surface area contributed by atoms with Crippen LogP contribution in [0.5, 0.6) is 0 Å². The third-order valence-electron chi connectivity index (χ3n) is 2.38. The van der Waals surface area contributed by atoms with E-state index in [1.165, 1.54) is 17.8 Å². The normalized spacial score (nSPS) is 11.4. The fourth-order valence-electron chi connectivity index (χ4n) is 1.48. The van der Waals surface area contributed by atoms with Crippen LogP contribution in [0.15, 0.2) is 46.6 Å². The van der Waals surface area contributed by atoms with E-state index in [-0.39, 0.29) is 0 Å². The molecule has 0 aliphatic rings. The van der Waals surface area contributed by atoms with E-state index in [1.54, 1.807) is 12.3 Å². The zero-order chi connectivity index (χ0) is 14.6. The van der Waals surface area contributed by atoms with Crippen molar-refractivity contribution in [3.63, 3.8) is 0 Å². The van der Waals surface area contributed by atoms with E-state index in [0.717, 1.165) is 29.5 Å². The van der Waals surface area contributed by atoms with Crippen LogP contribution in [-0.2, 0) is 6.18 Å². The first-order chi connectivity index (χ1) is 9.49. The Morgan fingerprint density at radius 2 is 2.00 bits per heavy atom. The van der Waals surface area contributed by atoms with Crippen LogP contribution in [0.2, 0.25) is 0 Å². The number of hydrogen-bond donors (Lipinski definition) is 1. The van der Waals surface area contributed by atoms with Gasteiger partial charge < -0.3 is 5.32 Å². The lowest BCUT2D eigenvalue weighted by Crippen LogP contribution is -2.05. The van der Waals surface area contributed by atoms with Gasteiger partial charge in [-0.25, -0.2) is 9.97 Å². The van der Waals surface area contributed by atoms with Crippen molar-refractivity contribution in [2.45, 2.75) is 23.0 Å². The summed E-state index contributed by atoms with van der Waals surface area (Å²) in [5.74, 6) is 0.726. The summed E-state index contributed by atoms with van der Waals surface area (Å²) in [5.41, 5.74) is -0.745. The first-order valence-electron chi connectivity index (χ1n) is 5.90. The quantitative estimate of drug-likeness (QED) is 0.923. The summed E-state index contributed by atoms with van der Waals surface area (Å²) < 4.78 is 37.3. The molecule has 0 fully saturated rings. The summed E-state index contributed by atoms with van der Waals surface area (Å²) in [5, 5.41) is 3.58. The molecular formula is C13H12F3N3S. The maximum Gasteiger partial charge on any atom is 0.417 e. The second-order valence-electron chi connectivity index (χ2n) is 3.89. The molecule has 0 spiro atoms. The minimum absolute atomic E-state index is 0.506. The number of alkyl halides is 3. The summed E-state index contributed by atoms with van der Waals surface area (Å²) >= 11 is 1.29. The molecule has 0 aliphatic heterocycles. The fraction of sp³-hybridized carbons (Fsp3) is 0.231. The first-order valence-corrected chi connectivity index (χ1v) is 6.71. The minimum Gasteiger partial charge on any atom is -0.370 e. The topological polar surface area (TPSA) is 37.8 Å². The van der Waals surface area contributed by atoms with Gasteiger partial charge >= 0.3 is 6.18 Å². The van der Waals surface area contributed by atoms with E-state index in [2.05, 4.69) is 15.3 Å². The van der Waals surface area contributed by atoms with Gasteiger partial charge in [-0.15, -0.1) is 0 Å².